The Labute approximate surface area is 247 Å². The van der Waals surface area contributed by atoms with Crippen LogP contribution in [0.5, 0.6) is 0 Å². The van der Waals surface area contributed by atoms with Crippen LogP contribution in [0.3, 0.4) is 0 Å². The van der Waals surface area contributed by atoms with E-state index in [1.165, 1.54) is 41.4 Å². The molecule has 4 unspecified atom stereocenters. The third-order valence-electron chi connectivity index (χ3n) is 8.31. The van der Waals surface area contributed by atoms with Gasteiger partial charge in [-0.15, -0.1) is 11.3 Å². The van der Waals surface area contributed by atoms with E-state index in [0.717, 1.165) is 16.2 Å². The van der Waals surface area contributed by atoms with Crippen molar-refractivity contribution in [2.24, 2.45) is 17.6 Å². The lowest BCUT2D eigenvalue weighted by Gasteiger charge is -2.36. The highest BCUT2D eigenvalue weighted by Crippen LogP contribution is 2.53. The van der Waals surface area contributed by atoms with Crippen molar-refractivity contribution in [1.82, 2.24) is 4.90 Å². The Morgan fingerprint density at radius 2 is 1.71 bits per heavy atom. The maximum Gasteiger partial charge on any atom is 0.269 e. The van der Waals surface area contributed by atoms with E-state index in [4.69, 9.17) is 5.73 Å². The molecular formula is C31H32N4O6S. The summed E-state index contributed by atoms with van der Waals surface area (Å²) in [5.74, 6) is -3.69. The molecule has 2 fully saturated rings. The summed E-state index contributed by atoms with van der Waals surface area (Å²) in [7, 11) is 0. The number of nitrogens with two attached hydrogens (primary N) is 1. The quantitative estimate of drug-likeness (QED) is 0.213. The van der Waals surface area contributed by atoms with E-state index in [1.54, 1.807) is 36.4 Å². The number of carbonyl (C=O) groups excluding carboxylic acids is 4. The molecule has 11 heteroatoms. The maximum absolute atomic E-state index is 14.6. The summed E-state index contributed by atoms with van der Waals surface area (Å²) in [6.07, 6.45) is 2.18. The van der Waals surface area contributed by atoms with Gasteiger partial charge in [0.2, 0.25) is 17.7 Å². The predicted molar refractivity (Wildman–Crippen MR) is 158 cm³/mol. The summed E-state index contributed by atoms with van der Waals surface area (Å²) >= 11 is 1.47. The molecule has 1 saturated carbocycles. The fraction of sp³-hybridized carbons (Fsp3) is 0.355. The Morgan fingerprint density at radius 1 is 1.02 bits per heavy atom. The number of primary amides is 1. The van der Waals surface area contributed by atoms with E-state index in [2.05, 4.69) is 5.32 Å². The molecule has 4 atom stereocenters. The van der Waals surface area contributed by atoms with Crippen LogP contribution in [0.4, 0.5) is 11.4 Å². The molecule has 5 rings (SSSR count). The van der Waals surface area contributed by atoms with Gasteiger partial charge in [0.25, 0.3) is 5.69 Å². The molecule has 3 aromatic rings. The van der Waals surface area contributed by atoms with E-state index in [-0.39, 0.29) is 29.2 Å². The van der Waals surface area contributed by atoms with Gasteiger partial charge in [-0.2, -0.15) is 0 Å². The number of rotatable bonds is 8. The van der Waals surface area contributed by atoms with Crippen LogP contribution in [0, 0.1) is 35.8 Å². The lowest BCUT2D eigenvalue weighted by molar-refractivity contribution is -0.385. The van der Waals surface area contributed by atoms with Gasteiger partial charge in [-0.1, -0.05) is 30.7 Å². The van der Waals surface area contributed by atoms with Gasteiger partial charge >= 0.3 is 0 Å². The largest absolute Gasteiger partial charge is 0.368 e. The Morgan fingerprint density at radius 3 is 2.24 bits per heavy atom. The van der Waals surface area contributed by atoms with Crippen LogP contribution in [0.1, 0.15) is 69.4 Å². The smallest absolute Gasteiger partial charge is 0.269 e. The van der Waals surface area contributed by atoms with Gasteiger partial charge in [0.05, 0.1) is 16.9 Å². The van der Waals surface area contributed by atoms with Crippen molar-refractivity contribution in [3.05, 3.63) is 91.2 Å². The number of nitro benzene ring substituents is 1. The SMILES string of the molecule is CC(=O)Nc1ccc(C2C(C(=O)c3cc(C)sc3C)C(c3cccc([N+](=O)[O-])c3)N(C(=O)C3CCC3)C2C(N)=O)cc1. The Kier molecular flexibility index (Phi) is 7.96. The topological polar surface area (TPSA) is 153 Å². The van der Waals surface area contributed by atoms with Crippen LogP contribution in [0.25, 0.3) is 0 Å². The monoisotopic (exact) mass is 588 g/mol. The number of Topliss-reactive ketones (excluding diaryl/α,β-unsaturated/α-hetero) is 1. The molecule has 0 spiro atoms. The lowest BCUT2D eigenvalue weighted by Crippen LogP contribution is -2.49. The fourth-order valence-electron chi connectivity index (χ4n) is 6.30. The number of nitrogens with zero attached hydrogens (tertiary/aromatic N) is 2. The molecule has 2 heterocycles. The van der Waals surface area contributed by atoms with Crippen molar-refractivity contribution >= 4 is 46.2 Å². The fourth-order valence-corrected chi connectivity index (χ4v) is 7.23. The highest BCUT2D eigenvalue weighted by Gasteiger charge is 2.58. The van der Waals surface area contributed by atoms with Crippen LogP contribution in [0.15, 0.2) is 54.6 Å². The van der Waals surface area contributed by atoms with Crippen LogP contribution >= 0.6 is 11.3 Å². The average molecular weight is 589 g/mol. The number of hydrogen-bond acceptors (Lipinski definition) is 7. The number of aryl methyl sites for hydroxylation is 2. The Balaban J connectivity index is 1.75. The van der Waals surface area contributed by atoms with E-state index in [9.17, 15) is 29.3 Å². The van der Waals surface area contributed by atoms with Gasteiger partial charge in [-0.25, -0.2) is 0 Å². The van der Waals surface area contributed by atoms with Crippen molar-refractivity contribution in [2.45, 2.75) is 58.0 Å². The number of ketones is 1. The molecule has 42 heavy (non-hydrogen) atoms. The van der Waals surface area contributed by atoms with Crippen LogP contribution < -0.4 is 11.1 Å². The van der Waals surface area contributed by atoms with Crippen molar-refractivity contribution < 1.29 is 24.1 Å². The number of non-ortho nitro benzene ring substituents is 1. The summed E-state index contributed by atoms with van der Waals surface area (Å²) in [5, 5.41) is 14.5. The summed E-state index contributed by atoms with van der Waals surface area (Å²) < 4.78 is 0. The number of likely N-dealkylation sites (tertiary alicyclic amines) is 1. The van der Waals surface area contributed by atoms with Crippen molar-refractivity contribution in [1.29, 1.82) is 0 Å². The molecule has 1 aliphatic carbocycles. The minimum Gasteiger partial charge on any atom is -0.368 e. The lowest BCUT2D eigenvalue weighted by atomic mass is 9.76. The second kappa shape index (κ2) is 11.5. The third kappa shape index (κ3) is 5.32. The summed E-state index contributed by atoms with van der Waals surface area (Å²) in [6, 6.07) is 12.4. The third-order valence-corrected chi connectivity index (χ3v) is 9.28. The van der Waals surface area contributed by atoms with E-state index in [1.807, 2.05) is 13.8 Å². The molecule has 0 radical (unpaired) electrons. The predicted octanol–water partition coefficient (Wildman–Crippen LogP) is 5.05. The van der Waals surface area contributed by atoms with Crippen LogP contribution in [-0.4, -0.2) is 39.4 Å². The first-order chi connectivity index (χ1) is 20.0. The maximum atomic E-state index is 14.6. The second-order valence-corrected chi connectivity index (χ2v) is 12.5. The molecule has 1 aromatic heterocycles. The Hall–Kier alpha value is -4.38. The van der Waals surface area contributed by atoms with Gasteiger partial charge in [0.15, 0.2) is 5.78 Å². The van der Waals surface area contributed by atoms with E-state index in [0.29, 0.717) is 35.2 Å². The van der Waals surface area contributed by atoms with Crippen molar-refractivity contribution in [2.75, 3.05) is 5.32 Å². The second-order valence-electron chi connectivity index (χ2n) is 11.1. The van der Waals surface area contributed by atoms with Gasteiger partial charge < -0.3 is 16.0 Å². The molecular weight excluding hydrogens is 556 g/mol. The summed E-state index contributed by atoms with van der Waals surface area (Å²) in [6.45, 7) is 5.14. The van der Waals surface area contributed by atoms with Gasteiger partial charge in [0.1, 0.15) is 6.04 Å². The molecule has 2 aromatic carbocycles. The van der Waals surface area contributed by atoms with E-state index < -0.39 is 34.7 Å². The molecule has 3 N–H and O–H groups in total. The van der Waals surface area contributed by atoms with Crippen LogP contribution in [-0.2, 0) is 14.4 Å². The number of benzene rings is 2. The zero-order valence-electron chi connectivity index (χ0n) is 23.5. The number of thiophene rings is 1. The van der Waals surface area contributed by atoms with Gasteiger partial charge in [0, 0.05) is 51.9 Å². The number of nitrogens with one attached hydrogen (secondary N) is 1. The van der Waals surface area contributed by atoms with Gasteiger partial charge in [-0.3, -0.25) is 29.3 Å². The molecule has 1 saturated heterocycles. The highest BCUT2D eigenvalue weighted by atomic mass is 32.1. The zero-order chi connectivity index (χ0) is 30.3. The van der Waals surface area contributed by atoms with Crippen molar-refractivity contribution in [3.8, 4) is 0 Å². The number of amides is 3. The van der Waals surface area contributed by atoms with Gasteiger partial charge in [-0.05, 0) is 56.0 Å². The molecule has 0 bridgehead atoms. The molecule has 1 aliphatic heterocycles. The first-order valence-electron chi connectivity index (χ1n) is 13.8. The number of anilines is 1. The minimum atomic E-state index is -1.18. The Bertz CT molecular complexity index is 1580. The molecule has 218 valence electrons. The zero-order valence-corrected chi connectivity index (χ0v) is 24.4. The molecule has 10 nitrogen and oxygen atoms in total. The average Bonchev–Trinajstić information content (AvgIpc) is 3.44. The minimum absolute atomic E-state index is 0.184. The van der Waals surface area contributed by atoms with Crippen molar-refractivity contribution in [3.63, 3.8) is 0 Å². The normalized spacial score (nSPS) is 21.9. The van der Waals surface area contributed by atoms with Crippen LogP contribution in [0.2, 0.25) is 0 Å². The highest BCUT2D eigenvalue weighted by molar-refractivity contribution is 7.12. The summed E-state index contributed by atoms with van der Waals surface area (Å²) in [4.78, 5) is 68.0. The number of hydrogen-bond donors (Lipinski definition) is 2. The summed E-state index contributed by atoms with van der Waals surface area (Å²) in [5.41, 5.74) is 7.87. The molecule has 3 amide bonds. The first kappa shape index (κ1) is 29.1. The van der Waals surface area contributed by atoms with E-state index >= 15 is 0 Å². The molecule has 2 aliphatic rings. The standard InChI is InChI=1S/C31H32N4O6S/c1-16-14-24(17(2)42-16)29(37)26-25(19-10-12-22(13-11-19)33-18(3)36)28(30(32)38)34(31(39)20-6-4-7-20)27(26)21-8-5-9-23(15-21)35(40)41/h5,8-15,20,25-28H,4,6-7H2,1-3H3,(H2,32,38)(H,33,36). The first-order valence-corrected chi connectivity index (χ1v) is 14.6. The number of carbonyl (C=O) groups is 4. The number of nitro groups is 1.